The van der Waals surface area contributed by atoms with Crippen LogP contribution in [0.2, 0.25) is 5.02 Å². The first-order valence-corrected chi connectivity index (χ1v) is 5.43. The maximum Gasteiger partial charge on any atom is 0.165 e. The number of aryl methyl sites for hydroxylation is 1. The maximum absolute atomic E-state index is 13.4. The van der Waals surface area contributed by atoms with Crippen molar-refractivity contribution in [3.8, 4) is 11.5 Å². The van der Waals surface area contributed by atoms with Gasteiger partial charge in [-0.2, -0.15) is 0 Å². The number of anilines is 1. The van der Waals surface area contributed by atoms with Gasteiger partial charge in [0.05, 0.1) is 10.7 Å². The van der Waals surface area contributed by atoms with Crippen molar-refractivity contribution in [3.63, 3.8) is 0 Å². The first-order chi connectivity index (χ1) is 8.08. The zero-order valence-electron chi connectivity index (χ0n) is 9.21. The van der Waals surface area contributed by atoms with Crippen molar-refractivity contribution in [3.05, 3.63) is 52.8 Å². The fourth-order valence-corrected chi connectivity index (χ4v) is 1.60. The molecule has 0 atom stereocenters. The molecule has 2 N–H and O–H groups in total. The Hall–Kier alpha value is -1.74. The van der Waals surface area contributed by atoms with Crippen LogP contribution in [-0.2, 0) is 0 Å². The molecule has 0 aliphatic heterocycles. The first-order valence-electron chi connectivity index (χ1n) is 5.06. The highest BCUT2D eigenvalue weighted by atomic mass is 35.5. The Bertz CT molecular complexity index is 557. The molecule has 0 aromatic heterocycles. The van der Waals surface area contributed by atoms with E-state index in [1.165, 1.54) is 6.07 Å². The predicted octanol–water partition coefficient (Wildman–Crippen LogP) is 4.16. The highest BCUT2D eigenvalue weighted by Gasteiger charge is 2.08. The van der Waals surface area contributed by atoms with Gasteiger partial charge in [0.25, 0.3) is 0 Å². The van der Waals surface area contributed by atoms with E-state index < -0.39 is 5.82 Å². The van der Waals surface area contributed by atoms with Crippen molar-refractivity contribution in [2.75, 3.05) is 5.73 Å². The van der Waals surface area contributed by atoms with Crippen LogP contribution >= 0.6 is 11.6 Å². The summed E-state index contributed by atoms with van der Waals surface area (Å²) in [5.41, 5.74) is 6.93. The van der Waals surface area contributed by atoms with E-state index in [4.69, 9.17) is 22.1 Å². The van der Waals surface area contributed by atoms with Crippen LogP contribution in [0.15, 0.2) is 36.4 Å². The lowest BCUT2D eigenvalue weighted by Crippen LogP contribution is -1.93. The minimum absolute atomic E-state index is 0.163. The van der Waals surface area contributed by atoms with Gasteiger partial charge in [0.2, 0.25) is 0 Å². The maximum atomic E-state index is 13.4. The van der Waals surface area contributed by atoms with E-state index in [-0.39, 0.29) is 5.75 Å². The predicted molar refractivity (Wildman–Crippen MR) is 67.1 cm³/mol. The van der Waals surface area contributed by atoms with Crippen molar-refractivity contribution in [2.45, 2.75) is 6.92 Å². The Morgan fingerprint density at radius 1 is 1.18 bits per heavy atom. The van der Waals surface area contributed by atoms with E-state index in [1.807, 2.05) is 6.92 Å². The molecule has 0 saturated heterocycles. The van der Waals surface area contributed by atoms with Crippen molar-refractivity contribution in [2.24, 2.45) is 0 Å². The summed E-state index contributed by atoms with van der Waals surface area (Å²) in [5.74, 6) is 0.241. The van der Waals surface area contributed by atoms with Crippen LogP contribution < -0.4 is 10.5 Å². The van der Waals surface area contributed by atoms with Crippen molar-refractivity contribution >= 4 is 17.3 Å². The van der Waals surface area contributed by atoms with Crippen LogP contribution in [-0.4, -0.2) is 0 Å². The molecule has 2 rings (SSSR count). The number of hydrogen-bond donors (Lipinski definition) is 1. The smallest absolute Gasteiger partial charge is 0.165 e. The van der Waals surface area contributed by atoms with E-state index in [9.17, 15) is 4.39 Å². The molecule has 2 aromatic rings. The quantitative estimate of drug-likeness (QED) is 0.814. The number of hydrogen-bond acceptors (Lipinski definition) is 2. The number of rotatable bonds is 2. The number of nitrogen functional groups attached to an aromatic ring is 1. The van der Waals surface area contributed by atoms with E-state index in [2.05, 4.69) is 0 Å². The summed E-state index contributed by atoms with van der Waals surface area (Å²) in [4.78, 5) is 0. The second-order valence-electron chi connectivity index (χ2n) is 3.67. The first kappa shape index (κ1) is 11.7. The third kappa shape index (κ3) is 2.50. The SMILES string of the molecule is Cc1cc(N)c(Cl)cc1Oc1ccccc1F. The molecule has 0 aliphatic carbocycles. The third-order valence-electron chi connectivity index (χ3n) is 2.35. The van der Waals surface area contributed by atoms with Gasteiger partial charge in [-0.1, -0.05) is 23.7 Å². The van der Waals surface area contributed by atoms with E-state index in [0.717, 1.165) is 5.56 Å². The van der Waals surface area contributed by atoms with Gasteiger partial charge in [-0.25, -0.2) is 4.39 Å². The minimum Gasteiger partial charge on any atom is -0.454 e. The molecular formula is C13H11ClFNO. The largest absolute Gasteiger partial charge is 0.454 e. The molecule has 0 spiro atoms. The Labute approximate surface area is 104 Å². The normalized spacial score (nSPS) is 10.3. The molecule has 88 valence electrons. The lowest BCUT2D eigenvalue weighted by Gasteiger charge is -2.10. The van der Waals surface area contributed by atoms with Gasteiger partial charge in [0.15, 0.2) is 11.6 Å². The Morgan fingerprint density at radius 3 is 2.59 bits per heavy atom. The summed E-state index contributed by atoms with van der Waals surface area (Å²) in [6.07, 6.45) is 0. The molecule has 0 aliphatic rings. The zero-order chi connectivity index (χ0) is 12.4. The molecule has 2 aromatic carbocycles. The standard InChI is InChI=1S/C13H11ClFNO/c1-8-6-11(16)9(14)7-13(8)17-12-5-3-2-4-10(12)15/h2-7H,16H2,1H3. The van der Waals surface area contributed by atoms with Crippen LogP contribution in [0.4, 0.5) is 10.1 Å². The lowest BCUT2D eigenvalue weighted by atomic mass is 10.2. The Morgan fingerprint density at radius 2 is 1.88 bits per heavy atom. The molecule has 0 saturated carbocycles. The Balaban J connectivity index is 2.37. The number of ether oxygens (including phenoxy) is 1. The zero-order valence-corrected chi connectivity index (χ0v) is 9.96. The molecule has 0 fully saturated rings. The summed E-state index contributed by atoms with van der Waals surface area (Å²) in [7, 11) is 0. The van der Waals surface area contributed by atoms with Gasteiger partial charge in [-0.05, 0) is 30.7 Å². The van der Waals surface area contributed by atoms with E-state index >= 15 is 0 Å². The topological polar surface area (TPSA) is 35.2 Å². The fraction of sp³-hybridized carbons (Fsp3) is 0.0769. The third-order valence-corrected chi connectivity index (χ3v) is 2.68. The minimum atomic E-state index is -0.417. The molecule has 17 heavy (non-hydrogen) atoms. The average molecular weight is 252 g/mol. The van der Waals surface area contributed by atoms with Crippen LogP contribution in [0.1, 0.15) is 5.56 Å². The molecule has 2 nitrogen and oxygen atoms in total. The van der Waals surface area contributed by atoms with Crippen molar-refractivity contribution < 1.29 is 9.13 Å². The summed E-state index contributed by atoms with van der Waals surface area (Å²) < 4.78 is 18.9. The molecule has 0 amide bonds. The van der Waals surface area contributed by atoms with Gasteiger partial charge in [-0.3, -0.25) is 0 Å². The van der Waals surface area contributed by atoms with E-state index in [1.54, 1.807) is 30.3 Å². The molecule has 4 heteroatoms. The van der Waals surface area contributed by atoms with Gasteiger partial charge >= 0.3 is 0 Å². The lowest BCUT2D eigenvalue weighted by molar-refractivity contribution is 0.440. The fourth-order valence-electron chi connectivity index (χ4n) is 1.44. The van der Waals surface area contributed by atoms with Crippen LogP contribution in [0.3, 0.4) is 0 Å². The molecular weight excluding hydrogens is 241 g/mol. The molecule has 0 bridgehead atoms. The number of halogens is 2. The second kappa shape index (κ2) is 4.63. The molecule has 0 radical (unpaired) electrons. The summed E-state index contributed by atoms with van der Waals surface area (Å²) in [6, 6.07) is 9.47. The monoisotopic (exact) mass is 251 g/mol. The van der Waals surface area contributed by atoms with Crippen molar-refractivity contribution in [1.82, 2.24) is 0 Å². The van der Waals surface area contributed by atoms with Gasteiger partial charge < -0.3 is 10.5 Å². The summed E-state index contributed by atoms with van der Waals surface area (Å²) >= 11 is 5.89. The summed E-state index contributed by atoms with van der Waals surface area (Å²) in [5, 5.41) is 0.391. The number of para-hydroxylation sites is 1. The summed E-state index contributed by atoms with van der Waals surface area (Å²) in [6.45, 7) is 1.82. The Kier molecular flexibility index (Phi) is 3.20. The highest BCUT2D eigenvalue weighted by Crippen LogP contribution is 2.32. The highest BCUT2D eigenvalue weighted by molar-refractivity contribution is 6.33. The molecule has 0 unspecified atom stereocenters. The van der Waals surface area contributed by atoms with Gasteiger partial charge in [0.1, 0.15) is 5.75 Å². The number of benzene rings is 2. The van der Waals surface area contributed by atoms with Crippen LogP contribution in [0, 0.1) is 12.7 Å². The van der Waals surface area contributed by atoms with Crippen molar-refractivity contribution in [1.29, 1.82) is 0 Å². The van der Waals surface area contributed by atoms with Gasteiger partial charge in [-0.15, -0.1) is 0 Å². The van der Waals surface area contributed by atoms with Gasteiger partial charge in [0, 0.05) is 6.07 Å². The van der Waals surface area contributed by atoms with Crippen LogP contribution in [0.25, 0.3) is 0 Å². The molecule has 0 heterocycles. The second-order valence-corrected chi connectivity index (χ2v) is 4.08. The average Bonchev–Trinajstić information content (AvgIpc) is 2.29. The van der Waals surface area contributed by atoms with E-state index in [0.29, 0.717) is 16.5 Å². The number of nitrogens with two attached hydrogens (primary N) is 1. The van der Waals surface area contributed by atoms with Crippen LogP contribution in [0.5, 0.6) is 11.5 Å².